The van der Waals surface area contributed by atoms with Crippen LogP contribution in [0.1, 0.15) is 29.8 Å². The lowest BCUT2D eigenvalue weighted by atomic mass is 9.98. The quantitative estimate of drug-likeness (QED) is 0.596. The molecule has 10 heteroatoms. The van der Waals surface area contributed by atoms with E-state index in [1.165, 1.54) is 0 Å². The fourth-order valence-electron chi connectivity index (χ4n) is 4.21. The molecule has 4 rings (SSSR count). The first-order chi connectivity index (χ1) is 14.8. The molecule has 0 radical (unpaired) electrons. The fourth-order valence-corrected chi connectivity index (χ4v) is 4.21. The molecule has 1 aromatic carbocycles. The molecule has 0 unspecified atom stereocenters. The van der Waals surface area contributed by atoms with Crippen LogP contribution in [0.15, 0.2) is 30.3 Å². The molecular formula is C21H22F2N4O4. The fraction of sp³-hybridized carbons (Fsp3) is 0.429. The van der Waals surface area contributed by atoms with E-state index >= 15 is 0 Å². The van der Waals surface area contributed by atoms with Gasteiger partial charge in [-0.05, 0) is 25.0 Å². The van der Waals surface area contributed by atoms with Crippen LogP contribution in [0.2, 0.25) is 0 Å². The van der Waals surface area contributed by atoms with Gasteiger partial charge in [0.2, 0.25) is 11.8 Å². The van der Waals surface area contributed by atoms with Crippen molar-refractivity contribution < 1.29 is 28.0 Å². The average Bonchev–Trinajstić information content (AvgIpc) is 3.43. The van der Waals surface area contributed by atoms with Crippen LogP contribution in [-0.2, 0) is 14.4 Å². The summed E-state index contributed by atoms with van der Waals surface area (Å²) in [6, 6.07) is 6.22. The minimum Gasteiger partial charge on any atom is -0.356 e. The van der Waals surface area contributed by atoms with E-state index in [0.29, 0.717) is 24.8 Å². The first-order valence-corrected chi connectivity index (χ1v) is 10.1. The summed E-state index contributed by atoms with van der Waals surface area (Å²) >= 11 is 0. The summed E-state index contributed by atoms with van der Waals surface area (Å²) in [4.78, 5) is 52.6. The Kier molecular flexibility index (Phi) is 5.47. The molecule has 3 heterocycles. The molecule has 2 aliphatic rings. The summed E-state index contributed by atoms with van der Waals surface area (Å²) < 4.78 is 28.4. The topological polar surface area (TPSA) is 111 Å². The summed E-state index contributed by atoms with van der Waals surface area (Å²) in [7, 11) is 0. The van der Waals surface area contributed by atoms with Crippen LogP contribution in [-0.4, -0.2) is 65.0 Å². The summed E-state index contributed by atoms with van der Waals surface area (Å²) in [5, 5.41) is 5.82. The Hall–Kier alpha value is -3.30. The highest BCUT2D eigenvalue weighted by molar-refractivity contribution is 6.00. The van der Waals surface area contributed by atoms with Gasteiger partial charge in [0, 0.05) is 29.8 Å². The number of para-hydroxylation sites is 1. The van der Waals surface area contributed by atoms with Crippen molar-refractivity contribution in [2.24, 2.45) is 5.92 Å². The molecule has 0 bridgehead atoms. The molecule has 2 fully saturated rings. The molecule has 0 aliphatic carbocycles. The number of rotatable bonds is 6. The third-order valence-corrected chi connectivity index (χ3v) is 5.79. The number of alkyl halides is 2. The zero-order chi connectivity index (χ0) is 22.2. The van der Waals surface area contributed by atoms with Gasteiger partial charge in [-0.2, -0.15) is 0 Å². The average molecular weight is 432 g/mol. The summed E-state index contributed by atoms with van der Waals surface area (Å²) in [6.07, 6.45) is 0.270. The Labute approximate surface area is 176 Å². The van der Waals surface area contributed by atoms with E-state index in [1.54, 1.807) is 30.3 Å². The molecule has 3 N–H and O–H groups in total. The number of nitrogens with one attached hydrogen (secondary N) is 3. The largest absolute Gasteiger partial charge is 0.356 e. The second-order valence-corrected chi connectivity index (χ2v) is 8.04. The van der Waals surface area contributed by atoms with E-state index in [-0.39, 0.29) is 18.0 Å². The molecule has 31 heavy (non-hydrogen) atoms. The van der Waals surface area contributed by atoms with Gasteiger partial charge in [0.25, 0.3) is 11.8 Å². The van der Waals surface area contributed by atoms with Crippen LogP contribution in [0.5, 0.6) is 0 Å². The Morgan fingerprint density at radius 2 is 2.10 bits per heavy atom. The number of likely N-dealkylation sites (tertiary alicyclic amines) is 1. The number of halogens is 2. The van der Waals surface area contributed by atoms with Crippen molar-refractivity contribution in [2.75, 3.05) is 13.1 Å². The van der Waals surface area contributed by atoms with Crippen LogP contribution >= 0.6 is 0 Å². The first kappa shape index (κ1) is 21.0. The molecule has 0 spiro atoms. The number of H-pyrrole nitrogens is 1. The second kappa shape index (κ2) is 8.09. The highest BCUT2D eigenvalue weighted by Crippen LogP contribution is 2.33. The third kappa shape index (κ3) is 4.28. The molecule has 2 aliphatic heterocycles. The SMILES string of the molecule is O=C[C@H](C[C@@H]1CCNC1=O)NC(=O)[C@@H]1CC(F)(F)CN1C(=O)c1cc2ccccc2[nH]1. The smallest absolute Gasteiger partial charge is 0.271 e. The molecule has 3 atom stereocenters. The zero-order valence-corrected chi connectivity index (χ0v) is 16.6. The van der Waals surface area contributed by atoms with E-state index in [2.05, 4.69) is 15.6 Å². The highest BCUT2D eigenvalue weighted by atomic mass is 19.3. The zero-order valence-electron chi connectivity index (χ0n) is 16.6. The minimum atomic E-state index is -3.23. The number of benzene rings is 1. The Morgan fingerprint density at radius 1 is 1.32 bits per heavy atom. The molecule has 164 valence electrons. The van der Waals surface area contributed by atoms with Gasteiger partial charge in [-0.1, -0.05) is 18.2 Å². The monoisotopic (exact) mass is 432 g/mol. The lowest BCUT2D eigenvalue weighted by molar-refractivity contribution is -0.128. The van der Waals surface area contributed by atoms with Crippen LogP contribution < -0.4 is 10.6 Å². The van der Waals surface area contributed by atoms with Gasteiger partial charge in [-0.3, -0.25) is 14.4 Å². The molecule has 2 aromatic rings. The van der Waals surface area contributed by atoms with E-state index in [1.807, 2.05) is 0 Å². The van der Waals surface area contributed by atoms with Crippen molar-refractivity contribution in [3.63, 3.8) is 0 Å². The van der Waals surface area contributed by atoms with Crippen LogP contribution in [0, 0.1) is 5.92 Å². The number of amides is 3. The number of aromatic amines is 1. The van der Waals surface area contributed by atoms with Crippen molar-refractivity contribution in [1.82, 2.24) is 20.5 Å². The van der Waals surface area contributed by atoms with Crippen molar-refractivity contribution in [3.05, 3.63) is 36.0 Å². The maximum Gasteiger partial charge on any atom is 0.271 e. The Balaban J connectivity index is 1.50. The number of nitrogens with zero attached hydrogens (tertiary/aromatic N) is 1. The maximum atomic E-state index is 14.2. The van der Waals surface area contributed by atoms with Crippen LogP contribution in [0.4, 0.5) is 8.78 Å². The number of aldehydes is 1. The molecule has 3 amide bonds. The number of carbonyl (C=O) groups is 4. The Morgan fingerprint density at radius 3 is 2.77 bits per heavy atom. The van der Waals surface area contributed by atoms with Crippen molar-refractivity contribution >= 4 is 34.9 Å². The molecule has 8 nitrogen and oxygen atoms in total. The molecule has 0 saturated carbocycles. The van der Waals surface area contributed by atoms with Crippen LogP contribution in [0.3, 0.4) is 0 Å². The van der Waals surface area contributed by atoms with Gasteiger partial charge in [-0.15, -0.1) is 0 Å². The number of hydrogen-bond donors (Lipinski definition) is 3. The number of carbonyl (C=O) groups excluding carboxylic acids is 4. The van der Waals surface area contributed by atoms with Crippen molar-refractivity contribution in [3.8, 4) is 0 Å². The summed E-state index contributed by atoms with van der Waals surface area (Å²) in [5.41, 5.74) is 0.778. The van der Waals surface area contributed by atoms with Crippen LogP contribution in [0.25, 0.3) is 10.9 Å². The molecule has 2 saturated heterocycles. The lowest BCUT2D eigenvalue weighted by Gasteiger charge is -2.24. The standard InChI is InChI=1S/C21H22F2N4O4/c22-21(23)9-17(19(30)25-14(10-28)7-13-5-6-24-18(13)29)27(11-21)20(31)16-8-12-3-1-2-4-15(12)26-16/h1-4,8,10,13-14,17,26H,5-7,9,11H2,(H,24,29)(H,25,30)/t13-,14-,17-/m0/s1. The van der Waals surface area contributed by atoms with Gasteiger partial charge in [0.15, 0.2) is 0 Å². The van der Waals surface area contributed by atoms with Crippen molar-refractivity contribution in [1.29, 1.82) is 0 Å². The molecule has 1 aromatic heterocycles. The first-order valence-electron chi connectivity index (χ1n) is 10.1. The second-order valence-electron chi connectivity index (χ2n) is 8.04. The summed E-state index contributed by atoms with van der Waals surface area (Å²) in [6.45, 7) is -0.402. The molecular weight excluding hydrogens is 410 g/mol. The lowest BCUT2D eigenvalue weighted by Crippen LogP contribution is -2.49. The van der Waals surface area contributed by atoms with E-state index in [9.17, 15) is 28.0 Å². The van der Waals surface area contributed by atoms with E-state index in [0.717, 1.165) is 10.3 Å². The number of aromatic nitrogens is 1. The van der Waals surface area contributed by atoms with Crippen molar-refractivity contribution in [2.45, 2.75) is 37.3 Å². The van der Waals surface area contributed by atoms with Gasteiger partial charge in [-0.25, -0.2) is 8.78 Å². The van der Waals surface area contributed by atoms with Gasteiger partial charge >= 0.3 is 0 Å². The minimum absolute atomic E-state index is 0.0835. The number of hydrogen-bond acceptors (Lipinski definition) is 4. The van der Waals surface area contributed by atoms with Gasteiger partial charge in [0.1, 0.15) is 18.0 Å². The summed E-state index contributed by atoms with van der Waals surface area (Å²) in [5.74, 6) is -5.41. The van der Waals surface area contributed by atoms with E-state index in [4.69, 9.17) is 0 Å². The van der Waals surface area contributed by atoms with Gasteiger partial charge < -0.3 is 25.3 Å². The Bertz CT molecular complexity index is 1000. The highest BCUT2D eigenvalue weighted by Gasteiger charge is 2.50. The maximum absolute atomic E-state index is 14.2. The third-order valence-electron chi connectivity index (χ3n) is 5.79. The predicted octanol–water partition coefficient (Wildman–Crippen LogP) is 1.23. The predicted molar refractivity (Wildman–Crippen MR) is 106 cm³/mol. The number of fused-ring (bicyclic) bond motifs is 1. The van der Waals surface area contributed by atoms with E-state index < -0.39 is 48.7 Å². The van der Waals surface area contributed by atoms with Gasteiger partial charge in [0.05, 0.1) is 12.6 Å². The normalized spacial score (nSPS) is 23.5.